The van der Waals surface area contributed by atoms with E-state index in [2.05, 4.69) is 20.0 Å². The Morgan fingerprint density at radius 3 is 2.67 bits per heavy atom. The van der Waals surface area contributed by atoms with Gasteiger partial charge in [-0.3, -0.25) is 0 Å². The molecular weight excluding hydrogens is 188 g/mol. The van der Waals surface area contributed by atoms with Crippen molar-refractivity contribution < 1.29 is 4.43 Å². The molecule has 72 valence electrons. The number of hydrogen-bond acceptors (Lipinski definition) is 1. The van der Waals surface area contributed by atoms with Crippen molar-refractivity contribution in [2.45, 2.75) is 32.4 Å². The molecule has 0 aliphatic rings. The molecule has 0 fully saturated rings. The van der Waals surface area contributed by atoms with Crippen molar-refractivity contribution in [3.8, 4) is 0 Å². The van der Waals surface area contributed by atoms with Gasteiger partial charge >= 0.3 is 0 Å². The highest BCUT2D eigenvalue weighted by Crippen LogP contribution is 2.16. The molecule has 0 aromatic heterocycles. The van der Waals surface area contributed by atoms with Gasteiger partial charge in [0.1, 0.15) is 0 Å². The van der Waals surface area contributed by atoms with Crippen LogP contribution in [-0.2, 0) is 4.43 Å². The quantitative estimate of drug-likeness (QED) is 0.459. The van der Waals surface area contributed by atoms with Crippen LogP contribution < -0.4 is 0 Å². The first-order chi connectivity index (χ1) is 5.68. The van der Waals surface area contributed by atoms with E-state index in [1.807, 2.05) is 5.70 Å². The van der Waals surface area contributed by atoms with E-state index in [4.69, 9.17) is 16.0 Å². The summed E-state index contributed by atoms with van der Waals surface area (Å²) in [6, 6.07) is 1.17. The largest absolute Gasteiger partial charge is 0.412 e. The van der Waals surface area contributed by atoms with Gasteiger partial charge in [-0.15, -0.1) is 18.2 Å². The Labute approximate surface area is 81.9 Å². The van der Waals surface area contributed by atoms with Gasteiger partial charge in [-0.2, -0.15) is 0 Å². The van der Waals surface area contributed by atoms with E-state index in [-0.39, 0.29) is 0 Å². The second-order valence-corrected chi connectivity index (χ2v) is 7.36. The van der Waals surface area contributed by atoms with Gasteiger partial charge in [-0.25, -0.2) is 0 Å². The molecule has 3 heteroatoms. The zero-order valence-corrected chi connectivity index (χ0v) is 9.86. The van der Waals surface area contributed by atoms with Crippen molar-refractivity contribution in [1.29, 1.82) is 0 Å². The van der Waals surface area contributed by atoms with Gasteiger partial charge in [-0.1, -0.05) is 25.5 Å². The Morgan fingerprint density at radius 2 is 2.25 bits per heavy atom. The first-order valence-electron chi connectivity index (χ1n) is 4.52. The fraction of sp³-hybridized carbons (Fsp3) is 0.778. The maximum absolute atomic E-state index is 5.72. The van der Waals surface area contributed by atoms with E-state index < -0.39 is 8.32 Å². The average molecular weight is 207 g/mol. The summed E-state index contributed by atoms with van der Waals surface area (Å²) in [6.07, 6.45) is 2.46. The normalized spacial score (nSPS) is 15.6. The predicted octanol–water partition coefficient (Wildman–Crippen LogP) is 3.34. The van der Waals surface area contributed by atoms with Crippen LogP contribution in [0.1, 0.15) is 19.8 Å². The Morgan fingerprint density at radius 1 is 1.58 bits per heavy atom. The molecule has 0 saturated carbocycles. The van der Waals surface area contributed by atoms with E-state index in [1.54, 1.807) is 0 Å². The second kappa shape index (κ2) is 6.69. The molecule has 0 N–H and O–H groups in total. The highest BCUT2D eigenvalue weighted by Gasteiger charge is 2.23. The van der Waals surface area contributed by atoms with Crippen molar-refractivity contribution in [3.63, 3.8) is 0 Å². The Bertz CT molecular complexity index is 120. The van der Waals surface area contributed by atoms with Crippen LogP contribution in [0.15, 0.2) is 12.3 Å². The third-order valence-corrected chi connectivity index (χ3v) is 5.20. The summed E-state index contributed by atoms with van der Waals surface area (Å²) in [6.45, 7) is 8.89. The maximum Gasteiger partial charge on any atom is 0.213 e. The topological polar surface area (TPSA) is 9.23 Å². The highest BCUT2D eigenvalue weighted by molar-refractivity contribution is 6.77. The lowest BCUT2D eigenvalue weighted by Crippen LogP contribution is -2.32. The molecule has 0 rings (SSSR count). The zero-order chi connectivity index (χ0) is 9.45. The highest BCUT2D eigenvalue weighted by atomic mass is 35.5. The first-order valence-corrected chi connectivity index (χ1v) is 7.74. The number of rotatable bonds is 7. The molecular formula is C9H19ClOSi. The lowest BCUT2D eigenvalue weighted by Gasteiger charge is -2.22. The molecule has 1 unspecified atom stereocenters. The molecule has 0 aliphatic carbocycles. The minimum absolute atomic E-state index is 0.586. The van der Waals surface area contributed by atoms with Gasteiger partial charge in [0.05, 0.1) is 0 Å². The molecule has 0 saturated heterocycles. The third kappa shape index (κ3) is 4.96. The average Bonchev–Trinajstić information content (AvgIpc) is 2.11. The van der Waals surface area contributed by atoms with Crippen molar-refractivity contribution >= 4 is 19.9 Å². The van der Waals surface area contributed by atoms with E-state index in [0.717, 1.165) is 0 Å². The van der Waals surface area contributed by atoms with Crippen molar-refractivity contribution in [2.75, 3.05) is 12.5 Å². The van der Waals surface area contributed by atoms with Gasteiger partial charge in [0.2, 0.25) is 8.32 Å². The minimum atomic E-state index is -1.59. The predicted molar refractivity (Wildman–Crippen MR) is 58.2 cm³/mol. The van der Waals surface area contributed by atoms with Gasteiger partial charge in [0.15, 0.2) is 0 Å². The third-order valence-electron chi connectivity index (χ3n) is 1.97. The molecule has 1 nitrogen and oxygen atoms in total. The molecule has 1 atom stereocenters. The lowest BCUT2D eigenvalue weighted by atomic mass is 10.4. The van der Waals surface area contributed by atoms with Gasteiger partial charge in [0.25, 0.3) is 0 Å². The summed E-state index contributed by atoms with van der Waals surface area (Å²) >= 11 is 5.56. The van der Waals surface area contributed by atoms with Crippen LogP contribution in [0.4, 0.5) is 0 Å². The fourth-order valence-electron chi connectivity index (χ4n) is 1.03. The number of hydrogen-bond donors (Lipinski definition) is 0. The van der Waals surface area contributed by atoms with Gasteiger partial charge in [0, 0.05) is 12.5 Å². The van der Waals surface area contributed by atoms with Crippen molar-refractivity contribution in [2.24, 2.45) is 0 Å². The summed E-state index contributed by atoms with van der Waals surface area (Å²) in [7, 11) is -1.59. The standard InChI is InChI=1S/C9H19ClOSi/c1-4-6-9-12(3,5-2)11-8-7-10/h5H,2,4,6-9H2,1,3H3. The van der Waals surface area contributed by atoms with Crippen molar-refractivity contribution in [3.05, 3.63) is 12.3 Å². The van der Waals surface area contributed by atoms with E-state index in [0.29, 0.717) is 12.5 Å². The fourth-order valence-corrected chi connectivity index (χ4v) is 3.33. The van der Waals surface area contributed by atoms with E-state index >= 15 is 0 Å². The number of halogens is 1. The summed E-state index contributed by atoms with van der Waals surface area (Å²) < 4.78 is 5.72. The summed E-state index contributed by atoms with van der Waals surface area (Å²) in [5.41, 5.74) is 2.01. The molecule has 0 aliphatic heterocycles. The molecule has 0 radical (unpaired) electrons. The van der Waals surface area contributed by atoms with Crippen LogP contribution in [-0.4, -0.2) is 20.8 Å². The molecule has 0 aromatic carbocycles. The molecule has 0 aromatic rings. The monoisotopic (exact) mass is 206 g/mol. The molecule has 0 amide bonds. The SMILES string of the molecule is C=C[Si](C)(CCCC)OCCCl. The van der Waals surface area contributed by atoms with Crippen LogP contribution in [0.5, 0.6) is 0 Å². The number of alkyl halides is 1. The summed E-state index contributed by atoms with van der Waals surface area (Å²) in [4.78, 5) is 0. The van der Waals surface area contributed by atoms with E-state index in [9.17, 15) is 0 Å². The van der Waals surface area contributed by atoms with Crippen LogP contribution in [0, 0.1) is 0 Å². The Balaban J connectivity index is 3.78. The van der Waals surface area contributed by atoms with Crippen molar-refractivity contribution in [1.82, 2.24) is 0 Å². The van der Waals surface area contributed by atoms with Gasteiger partial charge < -0.3 is 4.43 Å². The first kappa shape index (κ1) is 12.2. The molecule has 12 heavy (non-hydrogen) atoms. The smallest absolute Gasteiger partial charge is 0.213 e. The second-order valence-electron chi connectivity index (χ2n) is 3.16. The Hall–Kier alpha value is 0.207. The van der Waals surface area contributed by atoms with Crippen LogP contribution >= 0.6 is 11.6 Å². The van der Waals surface area contributed by atoms with Crippen LogP contribution in [0.2, 0.25) is 12.6 Å². The molecule has 0 spiro atoms. The molecule has 0 heterocycles. The van der Waals surface area contributed by atoms with Crippen LogP contribution in [0.3, 0.4) is 0 Å². The summed E-state index contributed by atoms with van der Waals surface area (Å²) in [5.74, 6) is 0.586. The van der Waals surface area contributed by atoms with Gasteiger partial charge in [-0.05, 0) is 12.6 Å². The minimum Gasteiger partial charge on any atom is -0.412 e. The summed E-state index contributed by atoms with van der Waals surface area (Å²) in [5, 5.41) is 0. The molecule has 0 bridgehead atoms. The number of unbranched alkanes of at least 4 members (excludes halogenated alkanes) is 1. The zero-order valence-electron chi connectivity index (χ0n) is 8.11. The maximum atomic E-state index is 5.72. The van der Waals surface area contributed by atoms with Crippen LogP contribution in [0.25, 0.3) is 0 Å². The lowest BCUT2D eigenvalue weighted by molar-refractivity contribution is 0.334. The van der Waals surface area contributed by atoms with E-state index in [1.165, 1.54) is 18.9 Å². The Kier molecular flexibility index (Phi) is 6.81.